The van der Waals surface area contributed by atoms with Crippen LogP contribution < -0.4 is 5.32 Å². The number of hydrogen-bond donors (Lipinski definition) is 1. The molecule has 0 saturated heterocycles. The normalized spacial score (nSPS) is 15.3. The number of carbonyl (C=O) groups excluding carboxylic acids is 2. The van der Waals surface area contributed by atoms with Crippen molar-refractivity contribution in [3.8, 4) is 6.07 Å². The molecule has 5 nitrogen and oxygen atoms in total. The van der Waals surface area contributed by atoms with E-state index in [9.17, 15) is 40.3 Å². The summed E-state index contributed by atoms with van der Waals surface area (Å²) in [4.78, 5) is 27.2. The van der Waals surface area contributed by atoms with Crippen LogP contribution >= 0.6 is 0 Å². The number of nitrogens with zero attached hydrogens (tertiary/aromatic N) is 2. The maximum atomic E-state index is 13.6. The van der Waals surface area contributed by atoms with Gasteiger partial charge in [-0.25, -0.2) is 4.39 Å². The fraction of sp³-hybridized carbons (Fsp3) is 0.192. The van der Waals surface area contributed by atoms with E-state index in [-0.39, 0.29) is 29.3 Å². The molecule has 3 aromatic rings. The molecule has 4 rings (SSSR count). The zero-order valence-corrected chi connectivity index (χ0v) is 19.1. The number of halogens is 7. The third-order valence-electron chi connectivity index (χ3n) is 5.93. The van der Waals surface area contributed by atoms with E-state index < -0.39 is 59.3 Å². The van der Waals surface area contributed by atoms with Gasteiger partial charge in [0, 0.05) is 18.7 Å². The van der Waals surface area contributed by atoms with Crippen molar-refractivity contribution in [3.63, 3.8) is 0 Å². The Hall–Kier alpha value is -4.40. The third kappa shape index (κ3) is 5.32. The Morgan fingerprint density at radius 2 is 1.55 bits per heavy atom. The molecule has 0 aliphatic carbocycles. The van der Waals surface area contributed by atoms with Gasteiger partial charge < -0.3 is 10.2 Å². The van der Waals surface area contributed by atoms with Gasteiger partial charge in [-0.05, 0) is 53.1 Å². The summed E-state index contributed by atoms with van der Waals surface area (Å²) >= 11 is 0. The molecule has 1 unspecified atom stereocenters. The monoisotopic (exact) mass is 535 g/mol. The van der Waals surface area contributed by atoms with Crippen molar-refractivity contribution >= 4 is 11.8 Å². The van der Waals surface area contributed by atoms with Crippen LogP contribution in [0.1, 0.15) is 49.8 Å². The number of alkyl halides is 6. The van der Waals surface area contributed by atoms with Crippen LogP contribution in [0.5, 0.6) is 0 Å². The molecule has 38 heavy (non-hydrogen) atoms. The van der Waals surface area contributed by atoms with E-state index in [1.807, 2.05) is 0 Å². The van der Waals surface area contributed by atoms with Crippen molar-refractivity contribution in [2.75, 3.05) is 0 Å². The van der Waals surface area contributed by atoms with Gasteiger partial charge in [-0.2, -0.15) is 31.6 Å². The molecule has 0 radical (unpaired) electrons. The van der Waals surface area contributed by atoms with Crippen molar-refractivity contribution < 1.29 is 40.3 Å². The second-order valence-corrected chi connectivity index (χ2v) is 8.48. The first-order chi connectivity index (χ1) is 17.8. The van der Waals surface area contributed by atoms with E-state index in [0.29, 0.717) is 17.7 Å². The van der Waals surface area contributed by atoms with Crippen LogP contribution in [-0.4, -0.2) is 16.7 Å². The van der Waals surface area contributed by atoms with Crippen LogP contribution in [0.4, 0.5) is 30.7 Å². The summed E-state index contributed by atoms with van der Waals surface area (Å²) in [6.45, 7) is -0.899. The van der Waals surface area contributed by atoms with E-state index in [1.165, 1.54) is 36.4 Å². The van der Waals surface area contributed by atoms with Crippen molar-refractivity contribution in [2.45, 2.75) is 31.5 Å². The minimum Gasteiger partial charge on any atom is -0.350 e. The lowest BCUT2D eigenvalue weighted by molar-refractivity contribution is -0.143. The maximum absolute atomic E-state index is 13.6. The molecule has 2 amide bonds. The number of carbonyl (C=O) groups is 2. The Labute approximate surface area is 211 Å². The molecule has 1 atom stereocenters. The van der Waals surface area contributed by atoms with Gasteiger partial charge in [0.15, 0.2) is 0 Å². The molecule has 3 aromatic carbocycles. The molecule has 1 aliphatic rings. The molecular formula is C26H16F7N3O2. The Kier molecular flexibility index (Phi) is 6.88. The lowest BCUT2D eigenvalue weighted by atomic mass is 10.0. The molecule has 196 valence electrons. The summed E-state index contributed by atoms with van der Waals surface area (Å²) in [6.07, 6.45) is -10.2. The number of hydrogen-bond acceptors (Lipinski definition) is 3. The largest absolute Gasteiger partial charge is 0.416 e. The summed E-state index contributed by atoms with van der Waals surface area (Å²) in [6, 6.07) is 10.7. The summed E-state index contributed by atoms with van der Waals surface area (Å²) < 4.78 is 93.6. The number of fused-ring (bicyclic) bond motifs is 1. The highest BCUT2D eigenvalue weighted by atomic mass is 19.4. The van der Waals surface area contributed by atoms with Gasteiger partial charge in [-0.1, -0.05) is 24.3 Å². The standard InChI is InChI=1S/C26H16F7N3O2/c27-21-6-5-14(7-16(21)11-34)12-35-23(37)22-19-3-1-2-4-20(19)24(38)36(22)13-15-8-17(25(28,29)30)10-18(9-15)26(31,32)33/h1-10,22H,12-13H2,(H,35,37). The molecule has 0 spiro atoms. The second kappa shape index (κ2) is 9.81. The van der Waals surface area contributed by atoms with Gasteiger partial charge in [0.05, 0.1) is 16.7 Å². The zero-order valence-electron chi connectivity index (χ0n) is 19.1. The first-order valence-corrected chi connectivity index (χ1v) is 10.9. The van der Waals surface area contributed by atoms with Crippen molar-refractivity contribution in [3.05, 3.63) is 105 Å². The first kappa shape index (κ1) is 26.7. The minimum absolute atomic E-state index is 0.0214. The lowest BCUT2D eigenvalue weighted by Crippen LogP contribution is -2.38. The van der Waals surface area contributed by atoms with Crippen LogP contribution in [-0.2, 0) is 30.2 Å². The molecule has 0 saturated carbocycles. The number of amides is 2. The number of rotatable bonds is 5. The number of benzene rings is 3. The topological polar surface area (TPSA) is 73.2 Å². The van der Waals surface area contributed by atoms with Crippen LogP contribution in [0.2, 0.25) is 0 Å². The number of nitrogens with one attached hydrogen (secondary N) is 1. The van der Waals surface area contributed by atoms with Gasteiger partial charge in [0.2, 0.25) is 5.91 Å². The number of nitriles is 1. The van der Waals surface area contributed by atoms with E-state index in [2.05, 4.69) is 5.32 Å². The molecule has 0 fully saturated rings. The highest BCUT2D eigenvalue weighted by molar-refractivity contribution is 6.04. The van der Waals surface area contributed by atoms with Crippen LogP contribution in [0, 0.1) is 17.1 Å². The minimum atomic E-state index is -5.08. The van der Waals surface area contributed by atoms with E-state index in [1.54, 1.807) is 6.07 Å². The molecule has 0 aromatic heterocycles. The SMILES string of the molecule is N#Cc1cc(CNC(=O)C2c3ccccc3C(=O)N2Cc2cc(C(F)(F)F)cc(C(F)(F)F)c2)ccc1F. The average molecular weight is 535 g/mol. The van der Waals surface area contributed by atoms with Crippen LogP contribution in [0.15, 0.2) is 60.7 Å². The van der Waals surface area contributed by atoms with Crippen molar-refractivity contribution in [1.82, 2.24) is 10.2 Å². The van der Waals surface area contributed by atoms with Gasteiger partial charge in [-0.15, -0.1) is 0 Å². The van der Waals surface area contributed by atoms with E-state index >= 15 is 0 Å². The summed E-state index contributed by atoms with van der Waals surface area (Å²) in [5.41, 5.74) is -3.17. The molecule has 1 aliphatic heterocycles. The Morgan fingerprint density at radius 3 is 2.16 bits per heavy atom. The Morgan fingerprint density at radius 1 is 0.921 bits per heavy atom. The van der Waals surface area contributed by atoms with Crippen molar-refractivity contribution in [1.29, 1.82) is 5.26 Å². The average Bonchev–Trinajstić information content (AvgIpc) is 3.13. The van der Waals surface area contributed by atoms with Crippen molar-refractivity contribution in [2.24, 2.45) is 0 Å². The second-order valence-electron chi connectivity index (χ2n) is 8.48. The van der Waals surface area contributed by atoms with Crippen LogP contribution in [0.3, 0.4) is 0 Å². The fourth-order valence-electron chi connectivity index (χ4n) is 4.18. The first-order valence-electron chi connectivity index (χ1n) is 10.9. The van der Waals surface area contributed by atoms with Gasteiger partial charge >= 0.3 is 12.4 Å². The molecule has 1 N–H and O–H groups in total. The van der Waals surface area contributed by atoms with Crippen LogP contribution in [0.25, 0.3) is 0 Å². The quantitative estimate of drug-likeness (QED) is 0.423. The maximum Gasteiger partial charge on any atom is 0.416 e. The van der Waals surface area contributed by atoms with Gasteiger partial charge in [-0.3, -0.25) is 9.59 Å². The summed E-state index contributed by atoms with van der Waals surface area (Å²) in [5, 5.41) is 11.5. The van der Waals surface area contributed by atoms with Gasteiger partial charge in [0.25, 0.3) is 5.91 Å². The predicted molar refractivity (Wildman–Crippen MR) is 118 cm³/mol. The summed E-state index contributed by atoms with van der Waals surface area (Å²) in [5.74, 6) is -2.28. The van der Waals surface area contributed by atoms with E-state index in [4.69, 9.17) is 5.26 Å². The molecule has 12 heteroatoms. The Balaban J connectivity index is 1.67. The van der Waals surface area contributed by atoms with E-state index in [0.717, 1.165) is 11.0 Å². The zero-order chi connectivity index (χ0) is 27.8. The lowest BCUT2D eigenvalue weighted by Gasteiger charge is -2.25. The molecular weight excluding hydrogens is 519 g/mol. The highest BCUT2D eigenvalue weighted by Gasteiger charge is 2.42. The van der Waals surface area contributed by atoms with Gasteiger partial charge in [0.1, 0.15) is 17.9 Å². The third-order valence-corrected chi connectivity index (χ3v) is 5.93. The summed E-state index contributed by atoms with van der Waals surface area (Å²) in [7, 11) is 0. The Bertz CT molecular complexity index is 1430. The highest BCUT2D eigenvalue weighted by Crippen LogP contribution is 2.39. The molecule has 0 bridgehead atoms. The predicted octanol–water partition coefficient (Wildman–Crippen LogP) is 5.75. The molecule has 1 heterocycles. The smallest absolute Gasteiger partial charge is 0.350 e. The fourth-order valence-corrected chi connectivity index (χ4v) is 4.18.